The van der Waals surface area contributed by atoms with Gasteiger partial charge in [-0.1, -0.05) is 6.07 Å². The minimum absolute atomic E-state index is 0.222. The fourth-order valence-corrected chi connectivity index (χ4v) is 4.15. The van der Waals surface area contributed by atoms with Crippen molar-refractivity contribution in [3.63, 3.8) is 0 Å². The van der Waals surface area contributed by atoms with E-state index in [4.69, 9.17) is 5.11 Å². The molecule has 114 valence electrons. The summed E-state index contributed by atoms with van der Waals surface area (Å²) in [5.41, 5.74) is 0.990. The molecule has 2 aliphatic rings. The van der Waals surface area contributed by atoms with E-state index in [1.807, 2.05) is 6.07 Å². The van der Waals surface area contributed by atoms with Crippen LogP contribution in [0.15, 0.2) is 22.7 Å². The molecule has 2 atom stereocenters. The predicted molar refractivity (Wildman–Crippen MR) is 81.4 cm³/mol. The van der Waals surface area contributed by atoms with Crippen molar-refractivity contribution in [2.75, 3.05) is 0 Å². The number of nitrogens with zero attached hydrogens (tertiary/aromatic N) is 1. The Morgan fingerprint density at radius 1 is 1.33 bits per heavy atom. The van der Waals surface area contributed by atoms with Gasteiger partial charge in [0.25, 0.3) is 0 Å². The summed E-state index contributed by atoms with van der Waals surface area (Å²) in [5, 5.41) is 8.96. The zero-order valence-corrected chi connectivity index (χ0v) is 13.4. The van der Waals surface area contributed by atoms with Crippen molar-refractivity contribution >= 4 is 21.9 Å². The summed E-state index contributed by atoms with van der Waals surface area (Å²) in [6, 6.07) is 6.21. The number of halogens is 2. The van der Waals surface area contributed by atoms with Crippen LogP contribution in [0.5, 0.6) is 0 Å². The Labute approximate surface area is 132 Å². The van der Waals surface area contributed by atoms with E-state index in [0.717, 1.165) is 37.8 Å². The van der Waals surface area contributed by atoms with Crippen molar-refractivity contribution in [3.8, 4) is 0 Å². The summed E-state index contributed by atoms with van der Waals surface area (Å²) in [6.07, 6.45) is 4.48. The smallest absolute Gasteiger partial charge is 0.303 e. The molecular formula is C16H19BrFNO2. The van der Waals surface area contributed by atoms with Gasteiger partial charge in [0, 0.05) is 25.0 Å². The first kappa shape index (κ1) is 15.0. The van der Waals surface area contributed by atoms with Crippen LogP contribution in [0.1, 0.15) is 37.7 Å². The number of carboxylic acids is 1. The van der Waals surface area contributed by atoms with E-state index in [1.54, 1.807) is 12.1 Å². The summed E-state index contributed by atoms with van der Waals surface area (Å²) < 4.78 is 14.1. The van der Waals surface area contributed by atoms with Gasteiger partial charge in [-0.2, -0.15) is 0 Å². The van der Waals surface area contributed by atoms with Gasteiger partial charge in [0.05, 0.1) is 4.47 Å². The summed E-state index contributed by atoms with van der Waals surface area (Å²) >= 11 is 3.18. The molecule has 2 fully saturated rings. The van der Waals surface area contributed by atoms with E-state index in [9.17, 15) is 9.18 Å². The van der Waals surface area contributed by atoms with Gasteiger partial charge in [-0.25, -0.2) is 4.39 Å². The van der Waals surface area contributed by atoms with E-state index >= 15 is 0 Å². The van der Waals surface area contributed by atoms with Gasteiger partial charge in [0.2, 0.25) is 0 Å². The minimum Gasteiger partial charge on any atom is -0.481 e. The van der Waals surface area contributed by atoms with Gasteiger partial charge in [0.1, 0.15) is 5.82 Å². The first-order valence-electron chi connectivity index (χ1n) is 7.44. The van der Waals surface area contributed by atoms with Gasteiger partial charge in [-0.15, -0.1) is 0 Å². The molecule has 2 unspecified atom stereocenters. The number of benzene rings is 1. The Bertz CT molecular complexity index is 537. The van der Waals surface area contributed by atoms with Crippen LogP contribution in [0.3, 0.4) is 0 Å². The molecule has 1 aromatic rings. The molecule has 0 aliphatic carbocycles. The highest BCUT2D eigenvalue weighted by atomic mass is 79.9. The van der Waals surface area contributed by atoms with Gasteiger partial charge in [0.15, 0.2) is 0 Å². The maximum absolute atomic E-state index is 13.6. The maximum Gasteiger partial charge on any atom is 0.303 e. The number of carbonyl (C=O) groups is 1. The Morgan fingerprint density at radius 3 is 2.57 bits per heavy atom. The molecule has 1 N–H and O–H groups in total. The number of fused-ring (bicyclic) bond motifs is 2. The number of carboxylic acid groups (broad SMARTS) is 1. The Balaban J connectivity index is 1.67. The summed E-state index contributed by atoms with van der Waals surface area (Å²) in [6.45, 7) is 0.763. The lowest BCUT2D eigenvalue weighted by Crippen LogP contribution is -2.42. The highest BCUT2D eigenvalue weighted by molar-refractivity contribution is 9.10. The van der Waals surface area contributed by atoms with Crippen molar-refractivity contribution in [1.82, 2.24) is 4.90 Å². The molecule has 2 bridgehead atoms. The molecular weight excluding hydrogens is 337 g/mol. The van der Waals surface area contributed by atoms with E-state index in [0.29, 0.717) is 22.5 Å². The fourth-order valence-electron chi connectivity index (χ4n) is 3.91. The predicted octanol–water partition coefficient (Wildman–Crippen LogP) is 3.81. The van der Waals surface area contributed by atoms with Gasteiger partial charge >= 0.3 is 5.97 Å². The van der Waals surface area contributed by atoms with Crippen molar-refractivity contribution in [2.45, 2.75) is 50.7 Å². The quantitative estimate of drug-likeness (QED) is 0.892. The van der Waals surface area contributed by atoms with Crippen LogP contribution in [0.4, 0.5) is 4.39 Å². The lowest BCUT2D eigenvalue weighted by Gasteiger charge is -2.38. The second kappa shape index (κ2) is 6.05. The monoisotopic (exact) mass is 355 g/mol. The molecule has 2 heterocycles. The molecule has 21 heavy (non-hydrogen) atoms. The van der Waals surface area contributed by atoms with Crippen molar-refractivity contribution in [3.05, 3.63) is 34.1 Å². The molecule has 1 aromatic carbocycles. The van der Waals surface area contributed by atoms with Crippen molar-refractivity contribution in [2.24, 2.45) is 5.92 Å². The van der Waals surface area contributed by atoms with E-state index < -0.39 is 5.97 Å². The minimum atomic E-state index is -0.692. The Morgan fingerprint density at radius 2 is 2.00 bits per heavy atom. The topological polar surface area (TPSA) is 40.5 Å². The number of aliphatic carboxylic acids is 1. The third kappa shape index (κ3) is 3.29. The van der Waals surface area contributed by atoms with Gasteiger partial charge in [-0.05, 0) is 65.2 Å². The fraction of sp³-hybridized carbons (Fsp3) is 0.562. The second-order valence-corrected chi connectivity index (χ2v) is 7.10. The third-order valence-electron chi connectivity index (χ3n) is 4.79. The van der Waals surface area contributed by atoms with Crippen LogP contribution in [-0.4, -0.2) is 28.1 Å². The van der Waals surface area contributed by atoms with E-state index in [1.165, 1.54) is 0 Å². The molecule has 2 saturated heterocycles. The lowest BCUT2D eigenvalue weighted by molar-refractivity contribution is -0.138. The zero-order valence-electron chi connectivity index (χ0n) is 11.8. The van der Waals surface area contributed by atoms with Crippen molar-refractivity contribution in [1.29, 1.82) is 0 Å². The zero-order chi connectivity index (χ0) is 15.0. The van der Waals surface area contributed by atoms with Crippen LogP contribution in [0, 0.1) is 11.7 Å². The number of rotatable bonds is 4. The van der Waals surface area contributed by atoms with E-state index in [2.05, 4.69) is 20.8 Å². The van der Waals surface area contributed by atoms with Gasteiger partial charge in [-0.3, -0.25) is 9.69 Å². The SMILES string of the molecule is O=C(O)CC1CC2CCC(C1)N2Cc1ccc(Br)c(F)c1. The van der Waals surface area contributed by atoms with Crippen LogP contribution in [-0.2, 0) is 11.3 Å². The average Bonchev–Trinajstić information content (AvgIpc) is 2.65. The Kier molecular flexibility index (Phi) is 4.31. The van der Waals surface area contributed by atoms with Crippen LogP contribution in [0.2, 0.25) is 0 Å². The van der Waals surface area contributed by atoms with Crippen LogP contribution >= 0.6 is 15.9 Å². The van der Waals surface area contributed by atoms with Crippen molar-refractivity contribution < 1.29 is 14.3 Å². The largest absolute Gasteiger partial charge is 0.481 e. The first-order valence-corrected chi connectivity index (χ1v) is 8.23. The van der Waals surface area contributed by atoms with E-state index in [-0.39, 0.29) is 12.2 Å². The molecule has 2 aliphatic heterocycles. The summed E-state index contributed by atoms with van der Waals surface area (Å²) in [4.78, 5) is 13.3. The molecule has 5 heteroatoms. The first-order chi connectivity index (χ1) is 10.0. The summed E-state index contributed by atoms with van der Waals surface area (Å²) in [7, 11) is 0. The highest BCUT2D eigenvalue weighted by Crippen LogP contribution is 2.40. The standard InChI is InChI=1S/C16H19BrFNO2/c17-14-4-1-10(7-15(14)18)9-19-12-2-3-13(19)6-11(5-12)8-16(20)21/h1,4,7,11-13H,2-3,5-6,8-9H2,(H,20,21). The molecule has 0 aromatic heterocycles. The molecule has 0 saturated carbocycles. The second-order valence-electron chi connectivity index (χ2n) is 6.24. The lowest BCUT2D eigenvalue weighted by atomic mass is 9.88. The van der Waals surface area contributed by atoms with Crippen LogP contribution in [0.25, 0.3) is 0 Å². The Hall–Kier alpha value is -0.940. The normalized spacial score (nSPS) is 28.8. The maximum atomic E-state index is 13.6. The highest BCUT2D eigenvalue weighted by Gasteiger charge is 2.40. The molecule has 0 amide bonds. The number of hydrogen-bond acceptors (Lipinski definition) is 2. The summed E-state index contributed by atoms with van der Waals surface area (Å²) in [5.74, 6) is -0.610. The molecule has 3 rings (SSSR count). The molecule has 0 radical (unpaired) electrons. The molecule has 3 nitrogen and oxygen atoms in total. The number of piperidine rings is 1. The number of hydrogen-bond donors (Lipinski definition) is 1. The molecule has 0 spiro atoms. The third-order valence-corrected chi connectivity index (χ3v) is 5.44. The van der Waals surface area contributed by atoms with Gasteiger partial charge < -0.3 is 5.11 Å². The average molecular weight is 356 g/mol. The van der Waals surface area contributed by atoms with Crippen LogP contribution < -0.4 is 0 Å².